The highest BCUT2D eigenvalue weighted by Crippen LogP contribution is 2.68. The summed E-state index contributed by atoms with van der Waals surface area (Å²) < 4.78 is 16.7. The van der Waals surface area contributed by atoms with Gasteiger partial charge in [-0.15, -0.1) is 0 Å². The summed E-state index contributed by atoms with van der Waals surface area (Å²) in [5.74, 6) is 0.223. The molecule has 0 aliphatic heterocycles. The predicted molar refractivity (Wildman–Crippen MR) is 150 cm³/mol. The number of carbonyl (C=O) groups excluding carboxylic acids is 4. The van der Waals surface area contributed by atoms with Crippen LogP contribution in [0.3, 0.4) is 0 Å². The van der Waals surface area contributed by atoms with Crippen molar-refractivity contribution in [1.29, 1.82) is 0 Å². The Morgan fingerprint density at radius 3 is 2.27 bits per heavy atom. The van der Waals surface area contributed by atoms with Crippen molar-refractivity contribution in [2.45, 2.75) is 124 Å². The molecule has 0 bridgehead atoms. The lowest BCUT2D eigenvalue weighted by Crippen LogP contribution is -2.70. The van der Waals surface area contributed by atoms with E-state index in [0.717, 1.165) is 38.5 Å². The van der Waals surface area contributed by atoms with Gasteiger partial charge in [-0.1, -0.05) is 34.6 Å². The van der Waals surface area contributed by atoms with Gasteiger partial charge >= 0.3 is 17.9 Å². The van der Waals surface area contributed by atoms with Crippen molar-refractivity contribution in [3.63, 3.8) is 0 Å². The third-order valence-electron chi connectivity index (χ3n) is 11.5. The van der Waals surface area contributed by atoms with E-state index in [1.54, 1.807) is 0 Å². The van der Waals surface area contributed by atoms with E-state index in [1.165, 1.54) is 21.0 Å². The monoisotopic (exact) mass is 561 g/mol. The number of esters is 3. The molecule has 1 N–H and O–H groups in total. The van der Waals surface area contributed by atoms with Crippen LogP contribution in [0.25, 0.3) is 0 Å². The number of ether oxygens (including phenoxy) is 3. The third kappa shape index (κ3) is 5.46. The van der Waals surface area contributed by atoms with Crippen LogP contribution in [0.15, 0.2) is 0 Å². The number of ketones is 1. The quantitative estimate of drug-likeness (QED) is 0.331. The lowest BCUT2D eigenvalue weighted by molar-refractivity contribution is -0.203. The molecule has 0 radical (unpaired) electrons. The summed E-state index contributed by atoms with van der Waals surface area (Å²) in [5.41, 5.74) is -0.712. The number of hydrogen-bond acceptors (Lipinski definition) is 8. The Balaban J connectivity index is 1.75. The molecule has 4 rings (SSSR count). The van der Waals surface area contributed by atoms with Crippen molar-refractivity contribution in [3.05, 3.63) is 0 Å². The third-order valence-corrected chi connectivity index (χ3v) is 11.5. The molecule has 0 aromatic carbocycles. The Morgan fingerprint density at radius 2 is 1.68 bits per heavy atom. The first-order chi connectivity index (χ1) is 18.7. The lowest BCUT2D eigenvalue weighted by atomic mass is 9.42. The van der Waals surface area contributed by atoms with Crippen LogP contribution in [0.5, 0.6) is 0 Å². The SMILES string of the molecule is COC(=O)CC[C@@H](C)C1CCC2C3C([C@H](NC(C)C)C(=O)[C@@]21C)[C@@]1(C)CC[C@@H](OC(C)=O)C[C@H]1C[C@H]3OC(C)=O. The second-order valence-electron chi connectivity index (χ2n) is 14.0. The normalized spacial score (nSPS) is 41.4. The molecule has 0 heterocycles. The fourth-order valence-corrected chi connectivity index (χ4v) is 9.84. The minimum atomic E-state index is -0.570. The molecule has 0 aromatic rings. The summed E-state index contributed by atoms with van der Waals surface area (Å²) in [6.45, 7) is 13.8. The van der Waals surface area contributed by atoms with E-state index in [2.05, 4.69) is 39.9 Å². The Labute approximate surface area is 240 Å². The van der Waals surface area contributed by atoms with Gasteiger partial charge in [0.25, 0.3) is 0 Å². The molecule has 11 atom stereocenters. The van der Waals surface area contributed by atoms with Gasteiger partial charge < -0.3 is 19.5 Å². The zero-order valence-corrected chi connectivity index (χ0v) is 25.8. The Hall–Kier alpha value is -1.96. The summed E-state index contributed by atoms with van der Waals surface area (Å²) in [5, 5.41) is 3.71. The summed E-state index contributed by atoms with van der Waals surface area (Å²) in [7, 11) is 1.42. The lowest BCUT2D eigenvalue weighted by Gasteiger charge is -2.64. The molecule has 4 fully saturated rings. The average molecular weight is 562 g/mol. The maximum Gasteiger partial charge on any atom is 0.305 e. The topological polar surface area (TPSA) is 108 Å². The molecule has 4 saturated carbocycles. The maximum absolute atomic E-state index is 14.9. The van der Waals surface area contributed by atoms with Gasteiger partial charge in [0.2, 0.25) is 0 Å². The number of Topliss-reactive ketones (excluding diaryl/α,β-unsaturated/α-hetero) is 1. The van der Waals surface area contributed by atoms with Crippen LogP contribution in [-0.4, -0.2) is 55.1 Å². The highest BCUT2D eigenvalue weighted by molar-refractivity contribution is 5.92. The van der Waals surface area contributed by atoms with E-state index in [-0.39, 0.29) is 88.9 Å². The van der Waals surface area contributed by atoms with Crippen LogP contribution in [0.1, 0.15) is 99.8 Å². The highest BCUT2D eigenvalue weighted by atomic mass is 16.5. The molecule has 4 aliphatic carbocycles. The summed E-state index contributed by atoms with van der Waals surface area (Å²) in [4.78, 5) is 51.0. The molecule has 0 saturated heterocycles. The maximum atomic E-state index is 14.9. The van der Waals surface area contributed by atoms with Crippen LogP contribution in [0, 0.1) is 46.3 Å². The molecule has 8 heteroatoms. The Bertz CT molecular complexity index is 996. The zero-order chi connectivity index (χ0) is 29.6. The van der Waals surface area contributed by atoms with Crippen molar-refractivity contribution in [3.8, 4) is 0 Å². The molecule has 0 amide bonds. The van der Waals surface area contributed by atoms with E-state index in [4.69, 9.17) is 14.2 Å². The highest BCUT2D eigenvalue weighted by Gasteiger charge is 2.69. The predicted octanol–water partition coefficient (Wildman–Crippen LogP) is 4.86. The molecule has 4 aliphatic rings. The number of methoxy groups -OCH3 is 1. The van der Waals surface area contributed by atoms with Crippen LogP contribution < -0.4 is 5.32 Å². The fraction of sp³-hybridized carbons (Fsp3) is 0.875. The number of carbonyl (C=O) groups is 4. The molecule has 226 valence electrons. The second-order valence-corrected chi connectivity index (χ2v) is 14.0. The second kappa shape index (κ2) is 11.7. The van der Waals surface area contributed by atoms with Gasteiger partial charge in [0.15, 0.2) is 5.78 Å². The minimum Gasteiger partial charge on any atom is -0.469 e. The van der Waals surface area contributed by atoms with E-state index < -0.39 is 5.41 Å². The Kier molecular flexibility index (Phi) is 9.09. The molecule has 40 heavy (non-hydrogen) atoms. The van der Waals surface area contributed by atoms with Crippen molar-refractivity contribution < 1.29 is 33.4 Å². The molecule has 0 spiro atoms. The van der Waals surface area contributed by atoms with Gasteiger partial charge in [-0.05, 0) is 80.0 Å². The molecule has 0 aromatic heterocycles. The van der Waals surface area contributed by atoms with Crippen molar-refractivity contribution in [1.82, 2.24) is 5.32 Å². The smallest absolute Gasteiger partial charge is 0.305 e. The fourth-order valence-electron chi connectivity index (χ4n) is 9.84. The summed E-state index contributed by atoms with van der Waals surface area (Å²) in [6.07, 6.45) is 5.57. The molecular weight excluding hydrogens is 510 g/mol. The first kappa shape index (κ1) is 31.0. The van der Waals surface area contributed by atoms with E-state index in [0.29, 0.717) is 12.8 Å². The largest absolute Gasteiger partial charge is 0.469 e. The van der Waals surface area contributed by atoms with Gasteiger partial charge in [0, 0.05) is 37.6 Å². The molecule has 8 nitrogen and oxygen atoms in total. The van der Waals surface area contributed by atoms with Gasteiger partial charge in [-0.2, -0.15) is 0 Å². The van der Waals surface area contributed by atoms with Crippen molar-refractivity contribution in [2.75, 3.05) is 7.11 Å². The van der Waals surface area contributed by atoms with Crippen molar-refractivity contribution >= 4 is 23.7 Å². The van der Waals surface area contributed by atoms with Crippen LogP contribution in [0.2, 0.25) is 0 Å². The number of rotatable bonds is 8. The van der Waals surface area contributed by atoms with Crippen LogP contribution >= 0.6 is 0 Å². The molecular formula is C32H51NO7. The number of nitrogens with one attached hydrogen (secondary N) is 1. The first-order valence-electron chi connectivity index (χ1n) is 15.5. The van der Waals surface area contributed by atoms with Crippen LogP contribution in [0.4, 0.5) is 0 Å². The van der Waals surface area contributed by atoms with Crippen molar-refractivity contribution in [2.24, 2.45) is 46.3 Å². The first-order valence-corrected chi connectivity index (χ1v) is 15.5. The summed E-state index contributed by atoms with van der Waals surface area (Å²) in [6, 6.07) is -0.240. The average Bonchev–Trinajstić information content (AvgIpc) is 3.22. The number of fused-ring (bicyclic) bond motifs is 5. The minimum absolute atomic E-state index is 0.0194. The zero-order valence-electron chi connectivity index (χ0n) is 25.8. The Morgan fingerprint density at radius 1 is 1.00 bits per heavy atom. The van der Waals surface area contributed by atoms with E-state index in [1.807, 2.05) is 0 Å². The summed E-state index contributed by atoms with van der Waals surface area (Å²) >= 11 is 0. The van der Waals surface area contributed by atoms with Gasteiger partial charge in [0.1, 0.15) is 12.2 Å². The van der Waals surface area contributed by atoms with E-state index in [9.17, 15) is 19.2 Å². The van der Waals surface area contributed by atoms with Crippen LogP contribution in [-0.2, 0) is 33.4 Å². The molecule has 4 unspecified atom stereocenters. The van der Waals surface area contributed by atoms with Gasteiger partial charge in [0.05, 0.1) is 13.2 Å². The standard InChI is InChI=1S/C32H51NO7/c1-17(2)33-29-28-27(24-11-10-23(32(24,7)30(29)37)18(3)9-12-26(36)38-8)25(40-20(5)35)16-21-15-22(39-19(4)34)13-14-31(21,28)6/h17-18,21-25,27-29,33H,9-16H2,1-8H3/t18-,21+,22-,23?,24?,25-,27?,28?,29+,31+,32-/m1/s1. The van der Waals surface area contributed by atoms with E-state index >= 15 is 0 Å². The van der Waals surface area contributed by atoms with Gasteiger partial charge in [-0.25, -0.2) is 0 Å². The van der Waals surface area contributed by atoms with Gasteiger partial charge in [-0.3, -0.25) is 19.2 Å². The number of hydrogen-bond donors (Lipinski definition) is 1.